The summed E-state index contributed by atoms with van der Waals surface area (Å²) >= 11 is 1.77. The molecule has 0 aromatic heterocycles. The molecule has 0 N–H and O–H groups in total. The SMILES string of the molecule is C1COC(C2OCCS2)O1. The average Bonchev–Trinajstić information content (AvgIpc) is 2.59. The first-order valence-electron chi connectivity index (χ1n) is 3.43. The van der Waals surface area contributed by atoms with Gasteiger partial charge in [0.05, 0.1) is 19.8 Å². The predicted octanol–water partition coefficient (Wildman–Crippen LogP) is 0.449. The highest BCUT2D eigenvalue weighted by Crippen LogP contribution is 2.26. The first-order valence-corrected chi connectivity index (χ1v) is 4.48. The molecular formula is C6H10O3S. The topological polar surface area (TPSA) is 27.7 Å². The molecule has 0 spiro atoms. The van der Waals surface area contributed by atoms with E-state index in [4.69, 9.17) is 14.2 Å². The predicted molar refractivity (Wildman–Crippen MR) is 37.9 cm³/mol. The van der Waals surface area contributed by atoms with Gasteiger partial charge in [-0.05, 0) is 0 Å². The quantitative estimate of drug-likeness (QED) is 0.559. The van der Waals surface area contributed by atoms with Crippen molar-refractivity contribution in [3.8, 4) is 0 Å². The van der Waals surface area contributed by atoms with E-state index in [1.165, 1.54) is 0 Å². The van der Waals surface area contributed by atoms with E-state index in [-0.39, 0.29) is 11.7 Å². The van der Waals surface area contributed by atoms with Crippen LogP contribution in [0.3, 0.4) is 0 Å². The molecule has 0 aromatic rings. The van der Waals surface area contributed by atoms with Gasteiger partial charge < -0.3 is 14.2 Å². The van der Waals surface area contributed by atoms with Gasteiger partial charge in [0.25, 0.3) is 0 Å². The summed E-state index contributed by atoms with van der Waals surface area (Å²) in [7, 11) is 0. The minimum absolute atomic E-state index is 0.104. The van der Waals surface area contributed by atoms with E-state index in [2.05, 4.69) is 0 Å². The molecule has 2 fully saturated rings. The number of hydrogen-bond acceptors (Lipinski definition) is 4. The van der Waals surface area contributed by atoms with E-state index in [0.29, 0.717) is 13.2 Å². The standard InChI is InChI=1S/C6H10O3S/c1-2-8-5(7-1)6-9-3-4-10-6/h5-6H,1-4H2. The lowest BCUT2D eigenvalue weighted by atomic mass is 10.7. The molecule has 3 nitrogen and oxygen atoms in total. The van der Waals surface area contributed by atoms with Crippen molar-refractivity contribution in [1.29, 1.82) is 0 Å². The highest BCUT2D eigenvalue weighted by Gasteiger charge is 2.30. The van der Waals surface area contributed by atoms with Crippen molar-refractivity contribution < 1.29 is 14.2 Å². The van der Waals surface area contributed by atoms with Gasteiger partial charge in [-0.3, -0.25) is 0 Å². The normalized spacial score (nSPS) is 35.4. The first kappa shape index (κ1) is 6.91. The van der Waals surface area contributed by atoms with Crippen LogP contribution in [-0.2, 0) is 14.2 Å². The Morgan fingerprint density at radius 3 is 2.40 bits per heavy atom. The summed E-state index contributed by atoms with van der Waals surface area (Å²) in [5, 5.41) is 0. The fourth-order valence-corrected chi connectivity index (χ4v) is 2.00. The van der Waals surface area contributed by atoms with Gasteiger partial charge in [-0.25, -0.2) is 0 Å². The molecule has 2 heterocycles. The van der Waals surface area contributed by atoms with Gasteiger partial charge in [0.15, 0.2) is 11.7 Å². The molecule has 10 heavy (non-hydrogen) atoms. The van der Waals surface area contributed by atoms with Crippen LogP contribution >= 0.6 is 11.8 Å². The Hall–Kier alpha value is 0.230. The first-order chi connectivity index (χ1) is 4.97. The largest absolute Gasteiger partial charge is 0.361 e. The molecule has 0 aliphatic carbocycles. The van der Waals surface area contributed by atoms with Gasteiger partial charge in [0.2, 0.25) is 0 Å². The van der Waals surface area contributed by atoms with Gasteiger partial charge in [0.1, 0.15) is 0 Å². The number of thioether (sulfide) groups is 1. The molecule has 2 aliphatic heterocycles. The van der Waals surface area contributed by atoms with Crippen LogP contribution in [0, 0.1) is 0 Å². The fraction of sp³-hybridized carbons (Fsp3) is 1.00. The summed E-state index contributed by atoms with van der Waals surface area (Å²) in [6, 6.07) is 0. The third-order valence-corrected chi connectivity index (χ3v) is 2.61. The third kappa shape index (κ3) is 1.29. The second-order valence-corrected chi connectivity index (χ2v) is 3.43. The van der Waals surface area contributed by atoms with Crippen molar-refractivity contribution >= 4 is 11.8 Å². The molecule has 2 saturated heterocycles. The zero-order chi connectivity index (χ0) is 6.81. The maximum Gasteiger partial charge on any atom is 0.193 e. The summed E-state index contributed by atoms with van der Waals surface area (Å²) in [6.07, 6.45) is -0.104. The second-order valence-electron chi connectivity index (χ2n) is 2.22. The Morgan fingerprint density at radius 1 is 1.00 bits per heavy atom. The Morgan fingerprint density at radius 2 is 1.80 bits per heavy atom. The van der Waals surface area contributed by atoms with Crippen molar-refractivity contribution in [2.24, 2.45) is 0 Å². The summed E-state index contributed by atoms with van der Waals surface area (Å²) in [4.78, 5) is 0. The van der Waals surface area contributed by atoms with E-state index in [1.54, 1.807) is 11.8 Å². The van der Waals surface area contributed by atoms with E-state index in [1.807, 2.05) is 0 Å². The van der Waals surface area contributed by atoms with Gasteiger partial charge in [-0.2, -0.15) is 0 Å². The van der Waals surface area contributed by atoms with Crippen molar-refractivity contribution in [3.05, 3.63) is 0 Å². The number of rotatable bonds is 1. The van der Waals surface area contributed by atoms with Crippen LogP contribution in [0.2, 0.25) is 0 Å². The summed E-state index contributed by atoms with van der Waals surface area (Å²) in [5.41, 5.74) is 0.127. The van der Waals surface area contributed by atoms with E-state index in [0.717, 1.165) is 12.4 Å². The van der Waals surface area contributed by atoms with Crippen LogP contribution in [0.15, 0.2) is 0 Å². The van der Waals surface area contributed by atoms with E-state index < -0.39 is 0 Å². The summed E-state index contributed by atoms with van der Waals surface area (Å²) in [5.74, 6) is 1.06. The monoisotopic (exact) mass is 162 g/mol. The van der Waals surface area contributed by atoms with Crippen molar-refractivity contribution in [2.45, 2.75) is 11.7 Å². The minimum Gasteiger partial charge on any atom is -0.361 e. The Kier molecular flexibility index (Phi) is 2.13. The van der Waals surface area contributed by atoms with Crippen molar-refractivity contribution in [3.63, 3.8) is 0 Å². The Labute approximate surface area is 64.0 Å². The van der Waals surface area contributed by atoms with Crippen LogP contribution in [0.4, 0.5) is 0 Å². The zero-order valence-electron chi connectivity index (χ0n) is 5.62. The summed E-state index contributed by atoms with van der Waals surface area (Å²) < 4.78 is 15.9. The lowest BCUT2D eigenvalue weighted by Gasteiger charge is -2.14. The molecule has 0 aromatic carbocycles. The third-order valence-electron chi connectivity index (χ3n) is 1.52. The maximum atomic E-state index is 5.35. The van der Waals surface area contributed by atoms with Crippen molar-refractivity contribution in [1.82, 2.24) is 0 Å². The van der Waals surface area contributed by atoms with Gasteiger partial charge in [0, 0.05) is 5.75 Å². The average molecular weight is 162 g/mol. The maximum absolute atomic E-state index is 5.35. The molecule has 4 heteroatoms. The van der Waals surface area contributed by atoms with Gasteiger partial charge >= 0.3 is 0 Å². The van der Waals surface area contributed by atoms with Gasteiger partial charge in [-0.1, -0.05) is 0 Å². The zero-order valence-corrected chi connectivity index (χ0v) is 6.43. The highest BCUT2D eigenvalue weighted by molar-refractivity contribution is 8.00. The minimum atomic E-state index is -0.104. The Bertz CT molecular complexity index is 93.6. The molecular weight excluding hydrogens is 152 g/mol. The molecule has 58 valence electrons. The van der Waals surface area contributed by atoms with Crippen LogP contribution in [0.5, 0.6) is 0 Å². The fourth-order valence-electron chi connectivity index (χ4n) is 1.07. The molecule has 0 bridgehead atoms. The Balaban J connectivity index is 1.85. The summed E-state index contributed by atoms with van der Waals surface area (Å²) in [6.45, 7) is 2.26. The van der Waals surface area contributed by atoms with Crippen LogP contribution in [0.1, 0.15) is 0 Å². The second kappa shape index (κ2) is 3.09. The van der Waals surface area contributed by atoms with Crippen molar-refractivity contribution in [2.75, 3.05) is 25.6 Å². The van der Waals surface area contributed by atoms with Crippen LogP contribution in [-0.4, -0.2) is 37.3 Å². The lowest BCUT2D eigenvalue weighted by molar-refractivity contribution is -0.102. The molecule has 2 aliphatic rings. The molecule has 0 radical (unpaired) electrons. The molecule has 1 unspecified atom stereocenters. The van der Waals surface area contributed by atoms with Crippen LogP contribution in [0.25, 0.3) is 0 Å². The van der Waals surface area contributed by atoms with Gasteiger partial charge in [-0.15, -0.1) is 11.8 Å². The van der Waals surface area contributed by atoms with E-state index >= 15 is 0 Å². The molecule has 0 amide bonds. The number of hydrogen-bond donors (Lipinski definition) is 0. The van der Waals surface area contributed by atoms with Crippen LogP contribution < -0.4 is 0 Å². The lowest BCUT2D eigenvalue weighted by Crippen LogP contribution is -2.23. The number of ether oxygens (including phenoxy) is 3. The van der Waals surface area contributed by atoms with E-state index in [9.17, 15) is 0 Å². The molecule has 0 saturated carbocycles. The molecule has 1 atom stereocenters. The highest BCUT2D eigenvalue weighted by atomic mass is 32.2. The smallest absolute Gasteiger partial charge is 0.193 e. The molecule has 2 rings (SSSR count).